The van der Waals surface area contributed by atoms with E-state index < -0.39 is 0 Å². The monoisotopic (exact) mass is 391 g/mol. The Morgan fingerprint density at radius 2 is 1.83 bits per heavy atom. The van der Waals surface area contributed by atoms with Gasteiger partial charge in [0, 0.05) is 36.5 Å². The van der Waals surface area contributed by atoms with Gasteiger partial charge in [0.25, 0.3) is 0 Å². The zero-order chi connectivity index (χ0) is 16.1. The molecule has 0 spiro atoms. The summed E-state index contributed by atoms with van der Waals surface area (Å²) >= 11 is 5.51. The first kappa shape index (κ1) is 14.4. The molecule has 1 aliphatic carbocycles. The molecule has 1 aliphatic heterocycles. The number of hydrogen-bond acceptors (Lipinski definition) is 2. The number of halogens is 1. The molecule has 2 aromatic carbocycles. The Labute approximate surface area is 153 Å². The highest BCUT2D eigenvalue weighted by molar-refractivity contribution is 9.10. The van der Waals surface area contributed by atoms with Crippen LogP contribution in [0.4, 0.5) is 0 Å². The van der Waals surface area contributed by atoms with Crippen molar-refractivity contribution in [2.45, 2.75) is 12.0 Å². The van der Waals surface area contributed by atoms with Gasteiger partial charge in [-0.05, 0) is 18.2 Å². The molecule has 3 heteroatoms. The van der Waals surface area contributed by atoms with E-state index in [1.54, 1.807) is 0 Å². The lowest BCUT2D eigenvalue weighted by Gasteiger charge is -2.27. The molecule has 24 heavy (non-hydrogen) atoms. The maximum Gasteiger partial charge on any atom is 0.0802 e. The number of fused-ring (bicyclic) bond motifs is 5. The molecular formula is C21H14BrNS. The van der Waals surface area contributed by atoms with Crippen LogP contribution in [0.15, 0.2) is 82.3 Å². The Morgan fingerprint density at radius 1 is 0.958 bits per heavy atom. The molecule has 0 amide bonds. The Hall–Kier alpha value is -1.97. The summed E-state index contributed by atoms with van der Waals surface area (Å²) in [4.78, 5) is 6.58. The number of thiophene rings is 1. The number of allylic oxidation sites excluding steroid dienone is 2. The van der Waals surface area contributed by atoms with Crippen LogP contribution in [-0.4, -0.2) is 11.8 Å². The van der Waals surface area contributed by atoms with Crippen LogP contribution in [0.3, 0.4) is 0 Å². The van der Waals surface area contributed by atoms with Crippen molar-refractivity contribution in [1.82, 2.24) is 0 Å². The Kier molecular flexibility index (Phi) is 3.32. The van der Waals surface area contributed by atoms with Gasteiger partial charge in [0.15, 0.2) is 0 Å². The smallest absolute Gasteiger partial charge is 0.0802 e. The van der Waals surface area contributed by atoms with Gasteiger partial charge in [-0.1, -0.05) is 70.6 Å². The van der Waals surface area contributed by atoms with Gasteiger partial charge < -0.3 is 0 Å². The highest BCUT2D eigenvalue weighted by Crippen LogP contribution is 2.44. The van der Waals surface area contributed by atoms with E-state index in [0.29, 0.717) is 5.92 Å². The van der Waals surface area contributed by atoms with Gasteiger partial charge in [-0.15, -0.1) is 11.3 Å². The van der Waals surface area contributed by atoms with E-state index in [4.69, 9.17) is 4.99 Å². The van der Waals surface area contributed by atoms with Gasteiger partial charge in [0.05, 0.1) is 11.8 Å². The van der Waals surface area contributed by atoms with Crippen LogP contribution >= 0.6 is 27.3 Å². The van der Waals surface area contributed by atoms with E-state index in [1.165, 1.54) is 26.1 Å². The summed E-state index contributed by atoms with van der Waals surface area (Å²) in [6, 6.07) is 17.3. The van der Waals surface area contributed by atoms with Crippen molar-refractivity contribution in [3.05, 3.63) is 93.3 Å². The molecule has 2 atom stereocenters. The zero-order valence-corrected chi connectivity index (χ0v) is 15.2. The predicted octanol–water partition coefficient (Wildman–Crippen LogP) is 6.09. The third-order valence-electron chi connectivity index (χ3n) is 4.64. The fraction of sp³-hybridized carbons (Fsp3) is 0.0952. The lowest BCUT2D eigenvalue weighted by Crippen LogP contribution is -2.24. The number of benzene rings is 2. The van der Waals surface area contributed by atoms with Crippen molar-refractivity contribution in [3.63, 3.8) is 0 Å². The van der Waals surface area contributed by atoms with Gasteiger partial charge in [0.2, 0.25) is 0 Å². The summed E-state index contributed by atoms with van der Waals surface area (Å²) in [5.74, 6) is 0.360. The molecule has 0 N–H and O–H groups in total. The maximum atomic E-state index is 5.14. The first-order valence-corrected chi connectivity index (χ1v) is 9.63. The average molecular weight is 392 g/mol. The molecule has 1 nitrogen and oxygen atoms in total. The van der Waals surface area contributed by atoms with Crippen molar-refractivity contribution in [1.29, 1.82) is 0 Å². The van der Waals surface area contributed by atoms with Gasteiger partial charge >= 0.3 is 0 Å². The van der Waals surface area contributed by atoms with Crippen LogP contribution in [0.25, 0.3) is 10.1 Å². The maximum absolute atomic E-state index is 5.14. The molecule has 2 heterocycles. The summed E-state index contributed by atoms with van der Waals surface area (Å²) in [6.45, 7) is 0. The second-order valence-electron chi connectivity index (χ2n) is 6.11. The number of hydrogen-bond donors (Lipinski definition) is 0. The van der Waals surface area contributed by atoms with E-state index in [1.807, 2.05) is 11.3 Å². The Bertz CT molecular complexity index is 1040. The minimum absolute atomic E-state index is 0.199. The molecule has 3 aromatic rings. The summed E-state index contributed by atoms with van der Waals surface area (Å²) < 4.78 is 2.43. The van der Waals surface area contributed by atoms with Gasteiger partial charge in [-0.3, -0.25) is 4.99 Å². The molecule has 0 bridgehead atoms. The summed E-state index contributed by atoms with van der Waals surface area (Å²) in [7, 11) is 0. The molecule has 116 valence electrons. The van der Waals surface area contributed by atoms with E-state index in [0.717, 1.165) is 10.2 Å². The van der Waals surface area contributed by atoms with Gasteiger partial charge in [-0.25, -0.2) is 0 Å². The predicted molar refractivity (Wildman–Crippen MR) is 106 cm³/mol. The molecular weight excluding hydrogens is 378 g/mol. The third-order valence-corrected chi connectivity index (χ3v) is 6.41. The van der Waals surface area contributed by atoms with Crippen LogP contribution in [-0.2, 0) is 0 Å². The summed E-state index contributed by atoms with van der Waals surface area (Å²) in [5.41, 5.74) is 3.61. The van der Waals surface area contributed by atoms with E-state index in [-0.39, 0.29) is 6.04 Å². The van der Waals surface area contributed by atoms with Crippen LogP contribution in [0, 0.1) is 0 Å². The lowest BCUT2D eigenvalue weighted by molar-refractivity contribution is 0.715. The molecule has 1 aromatic heterocycles. The van der Waals surface area contributed by atoms with E-state index in [9.17, 15) is 0 Å². The number of aliphatic imine (C=N–C) groups is 1. The van der Waals surface area contributed by atoms with Gasteiger partial charge in [-0.2, -0.15) is 0 Å². The molecule has 2 aliphatic rings. The first-order valence-electron chi connectivity index (χ1n) is 8.02. The quantitative estimate of drug-likeness (QED) is 0.475. The van der Waals surface area contributed by atoms with Crippen molar-refractivity contribution in [2.75, 3.05) is 0 Å². The molecule has 2 unspecified atom stereocenters. The van der Waals surface area contributed by atoms with Crippen LogP contribution in [0.5, 0.6) is 0 Å². The van der Waals surface area contributed by atoms with Crippen LogP contribution in [0.2, 0.25) is 0 Å². The standard InChI is InChI=1S/C21H14BrNS/c22-14-7-5-6-13(12-14)20-19-16-9-2-4-11-18(16)24-21(19)15-8-1-3-10-17(15)23-20/h1-12,15,17H. The molecule has 0 radical (unpaired) electrons. The number of nitrogens with zero attached hydrogens (tertiary/aromatic N) is 1. The molecule has 5 rings (SSSR count). The minimum atomic E-state index is 0.199. The summed E-state index contributed by atoms with van der Waals surface area (Å²) in [6.07, 6.45) is 8.77. The SMILES string of the molecule is Brc1cccc(C2=NC3C=CC=CC3c3sc4ccccc4c32)c1. The lowest BCUT2D eigenvalue weighted by atomic mass is 9.85. The van der Waals surface area contributed by atoms with Gasteiger partial charge in [0.1, 0.15) is 0 Å². The molecule has 0 saturated heterocycles. The highest BCUT2D eigenvalue weighted by Gasteiger charge is 2.32. The first-order chi connectivity index (χ1) is 11.8. The summed E-state index contributed by atoms with van der Waals surface area (Å²) in [5, 5.41) is 1.32. The Morgan fingerprint density at radius 3 is 2.75 bits per heavy atom. The van der Waals surface area contributed by atoms with Crippen molar-refractivity contribution >= 4 is 43.1 Å². The zero-order valence-electron chi connectivity index (χ0n) is 12.8. The number of rotatable bonds is 1. The van der Waals surface area contributed by atoms with Crippen LogP contribution in [0.1, 0.15) is 21.9 Å². The second kappa shape index (κ2) is 5.54. The van der Waals surface area contributed by atoms with Crippen molar-refractivity contribution < 1.29 is 0 Å². The van der Waals surface area contributed by atoms with E-state index in [2.05, 4.69) is 88.8 Å². The fourth-order valence-electron chi connectivity index (χ4n) is 3.57. The second-order valence-corrected chi connectivity index (χ2v) is 8.11. The van der Waals surface area contributed by atoms with Crippen LogP contribution < -0.4 is 0 Å². The average Bonchev–Trinajstić information content (AvgIpc) is 3.01. The van der Waals surface area contributed by atoms with Crippen molar-refractivity contribution in [3.8, 4) is 0 Å². The Balaban J connectivity index is 1.83. The molecule has 0 saturated carbocycles. The largest absolute Gasteiger partial charge is 0.276 e. The minimum Gasteiger partial charge on any atom is -0.276 e. The fourth-order valence-corrected chi connectivity index (χ4v) is 5.30. The molecule has 0 fully saturated rings. The van der Waals surface area contributed by atoms with Crippen molar-refractivity contribution in [2.24, 2.45) is 4.99 Å². The van der Waals surface area contributed by atoms with E-state index >= 15 is 0 Å². The third kappa shape index (κ3) is 2.15. The topological polar surface area (TPSA) is 12.4 Å². The normalized spacial score (nSPS) is 21.5. The highest BCUT2D eigenvalue weighted by atomic mass is 79.9.